The number of hydrogen-bond donors (Lipinski definition) is 2. The molecule has 0 aliphatic rings. The van der Waals surface area contributed by atoms with Gasteiger partial charge in [-0.25, -0.2) is 9.37 Å². The van der Waals surface area contributed by atoms with Crippen LogP contribution in [0.5, 0.6) is 0 Å². The minimum Gasteiger partial charge on any atom is -0.398 e. The van der Waals surface area contributed by atoms with Crippen LogP contribution in [0.25, 0.3) is 22.4 Å². The number of aromatic nitrogens is 2. The monoisotopic (exact) mass is 353 g/mol. The largest absolute Gasteiger partial charge is 0.398 e. The Morgan fingerprint density at radius 1 is 1.17 bits per heavy atom. The van der Waals surface area contributed by atoms with Crippen molar-refractivity contribution in [2.75, 3.05) is 5.73 Å². The first-order valence-corrected chi connectivity index (χ1v) is 6.42. The SMILES string of the molecule is Nc1ccc(I)cc1-c1nc2ccc(F)cc2[nH]1. The van der Waals surface area contributed by atoms with Crippen molar-refractivity contribution in [2.45, 2.75) is 0 Å². The van der Waals surface area contributed by atoms with Crippen LogP contribution in [-0.4, -0.2) is 9.97 Å². The maximum Gasteiger partial charge on any atom is 0.140 e. The maximum absolute atomic E-state index is 13.1. The number of imidazole rings is 1. The Bertz CT molecular complexity index is 736. The zero-order valence-electron chi connectivity index (χ0n) is 9.24. The van der Waals surface area contributed by atoms with Gasteiger partial charge in [0, 0.05) is 14.8 Å². The summed E-state index contributed by atoms with van der Waals surface area (Å²) in [7, 11) is 0. The van der Waals surface area contributed by atoms with Crippen molar-refractivity contribution in [3.8, 4) is 11.4 Å². The first-order valence-electron chi connectivity index (χ1n) is 5.34. The van der Waals surface area contributed by atoms with E-state index < -0.39 is 0 Å². The van der Waals surface area contributed by atoms with Gasteiger partial charge in [-0.05, 0) is 59.0 Å². The molecule has 3 aromatic rings. The van der Waals surface area contributed by atoms with Gasteiger partial charge in [0.05, 0.1) is 11.0 Å². The number of hydrogen-bond acceptors (Lipinski definition) is 2. The van der Waals surface area contributed by atoms with E-state index in [0.29, 0.717) is 17.0 Å². The van der Waals surface area contributed by atoms with Gasteiger partial charge in [0.2, 0.25) is 0 Å². The highest BCUT2D eigenvalue weighted by Gasteiger charge is 2.09. The third-order valence-electron chi connectivity index (χ3n) is 2.71. The van der Waals surface area contributed by atoms with Crippen molar-refractivity contribution in [2.24, 2.45) is 0 Å². The quantitative estimate of drug-likeness (QED) is 0.519. The highest BCUT2D eigenvalue weighted by molar-refractivity contribution is 14.1. The summed E-state index contributed by atoms with van der Waals surface area (Å²) in [4.78, 5) is 7.51. The van der Waals surface area contributed by atoms with Crippen molar-refractivity contribution in [1.29, 1.82) is 0 Å². The summed E-state index contributed by atoms with van der Waals surface area (Å²) in [6.07, 6.45) is 0. The number of nitrogens with one attached hydrogen (secondary N) is 1. The van der Waals surface area contributed by atoms with E-state index in [9.17, 15) is 4.39 Å². The molecule has 1 heterocycles. The number of anilines is 1. The van der Waals surface area contributed by atoms with Crippen LogP contribution < -0.4 is 5.73 Å². The molecule has 5 heteroatoms. The fraction of sp³-hybridized carbons (Fsp3) is 0. The van der Waals surface area contributed by atoms with Gasteiger partial charge in [-0.15, -0.1) is 0 Å². The summed E-state index contributed by atoms with van der Waals surface area (Å²) in [5.74, 6) is 0.375. The van der Waals surface area contributed by atoms with Crippen molar-refractivity contribution in [1.82, 2.24) is 9.97 Å². The summed E-state index contributed by atoms with van der Waals surface area (Å²) >= 11 is 2.22. The highest BCUT2D eigenvalue weighted by Crippen LogP contribution is 2.27. The third-order valence-corrected chi connectivity index (χ3v) is 3.39. The van der Waals surface area contributed by atoms with Crippen molar-refractivity contribution < 1.29 is 4.39 Å². The molecule has 1 aromatic heterocycles. The second-order valence-corrected chi connectivity index (χ2v) is 5.22. The maximum atomic E-state index is 13.1. The Kier molecular flexibility index (Phi) is 2.70. The number of nitrogen functional groups attached to an aromatic ring is 1. The Balaban J connectivity index is 2.22. The van der Waals surface area contributed by atoms with E-state index in [4.69, 9.17) is 5.73 Å². The number of halogens is 2. The molecule has 90 valence electrons. The summed E-state index contributed by atoms with van der Waals surface area (Å²) in [5.41, 5.74) is 8.81. The zero-order valence-corrected chi connectivity index (χ0v) is 11.4. The van der Waals surface area contributed by atoms with E-state index in [-0.39, 0.29) is 5.82 Å². The van der Waals surface area contributed by atoms with Gasteiger partial charge in [-0.2, -0.15) is 0 Å². The van der Waals surface area contributed by atoms with E-state index in [1.807, 2.05) is 18.2 Å². The first-order chi connectivity index (χ1) is 8.63. The third kappa shape index (κ3) is 1.94. The molecule has 0 saturated heterocycles. The molecule has 0 spiro atoms. The molecule has 0 unspecified atom stereocenters. The second-order valence-electron chi connectivity index (χ2n) is 3.98. The fourth-order valence-electron chi connectivity index (χ4n) is 1.84. The Morgan fingerprint density at radius 3 is 2.83 bits per heavy atom. The highest BCUT2D eigenvalue weighted by atomic mass is 127. The topological polar surface area (TPSA) is 54.7 Å². The summed E-state index contributed by atoms with van der Waals surface area (Å²) in [6, 6.07) is 10.2. The molecule has 2 aromatic carbocycles. The molecule has 0 amide bonds. The molecular weight excluding hydrogens is 344 g/mol. The van der Waals surface area contributed by atoms with Gasteiger partial charge in [-0.3, -0.25) is 0 Å². The summed E-state index contributed by atoms with van der Waals surface area (Å²) in [6.45, 7) is 0. The molecule has 0 saturated carbocycles. The molecular formula is C13H9FIN3. The lowest BCUT2D eigenvalue weighted by Gasteiger charge is -2.02. The lowest BCUT2D eigenvalue weighted by molar-refractivity contribution is 0.629. The van der Waals surface area contributed by atoms with Gasteiger partial charge in [0.15, 0.2) is 0 Å². The minimum atomic E-state index is -0.284. The average Bonchev–Trinajstić information content (AvgIpc) is 2.74. The molecule has 0 aliphatic heterocycles. The van der Waals surface area contributed by atoms with Gasteiger partial charge in [0.25, 0.3) is 0 Å². The smallest absolute Gasteiger partial charge is 0.140 e. The van der Waals surface area contributed by atoms with Crippen LogP contribution in [0.2, 0.25) is 0 Å². The molecule has 3 N–H and O–H groups in total. The lowest BCUT2D eigenvalue weighted by atomic mass is 10.2. The van der Waals surface area contributed by atoms with E-state index in [0.717, 1.165) is 14.7 Å². The number of H-pyrrole nitrogens is 1. The number of aromatic amines is 1. The zero-order chi connectivity index (χ0) is 12.7. The van der Waals surface area contributed by atoms with E-state index in [2.05, 4.69) is 32.6 Å². The van der Waals surface area contributed by atoms with E-state index >= 15 is 0 Å². The van der Waals surface area contributed by atoms with Crippen molar-refractivity contribution in [3.05, 3.63) is 45.8 Å². The standard InChI is InChI=1S/C13H9FIN3/c14-7-1-4-11-12(5-7)18-13(17-11)9-6-8(15)2-3-10(9)16/h1-6H,16H2,(H,17,18). The normalized spacial score (nSPS) is 11.0. The van der Waals surface area contributed by atoms with Crippen LogP contribution in [0, 0.1) is 9.39 Å². The molecule has 3 rings (SSSR count). The van der Waals surface area contributed by atoms with E-state index in [1.54, 1.807) is 6.07 Å². The summed E-state index contributed by atoms with van der Waals surface area (Å²) in [5, 5.41) is 0. The number of fused-ring (bicyclic) bond motifs is 1. The van der Waals surface area contributed by atoms with Gasteiger partial charge in [0.1, 0.15) is 11.6 Å². The molecule has 3 nitrogen and oxygen atoms in total. The average molecular weight is 353 g/mol. The van der Waals surface area contributed by atoms with Gasteiger partial charge < -0.3 is 10.7 Å². The number of nitrogens with zero attached hydrogens (tertiary/aromatic N) is 1. The van der Waals surface area contributed by atoms with Gasteiger partial charge in [-0.1, -0.05) is 0 Å². The molecule has 0 fully saturated rings. The van der Waals surface area contributed by atoms with Crippen LogP contribution in [-0.2, 0) is 0 Å². The Morgan fingerprint density at radius 2 is 2.00 bits per heavy atom. The Hall–Kier alpha value is -1.63. The summed E-state index contributed by atoms with van der Waals surface area (Å²) < 4.78 is 14.2. The number of rotatable bonds is 1. The Labute approximate surface area is 116 Å². The second kappa shape index (κ2) is 4.24. The molecule has 0 radical (unpaired) electrons. The molecule has 0 bridgehead atoms. The molecule has 0 aliphatic carbocycles. The van der Waals surface area contributed by atoms with Crippen LogP contribution in [0.4, 0.5) is 10.1 Å². The predicted molar refractivity (Wildman–Crippen MR) is 78.6 cm³/mol. The molecule has 0 atom stereocenters. The van der Waals surface area contributed by atoms with Crippen LogP contribution in [0.3, 0.4) is 0 Å². The first kappa shape index (κ1) is 11.5. The van der Waals surface area contributed by atoms with Crippen molar-refractivity contribution in [3.63, 3.8) is 0 Å². The van der Waals surface area contributed by atoms with Crippen LogP contribution in [0.15, 0.2) is 36.4 Å². The van der Waals surface area contributed by atoms with E-state index in [1.165, 1.54) is 12.1 Å². The molecule has 18 heavy (non-hydrogen) atoms. The fourth-order valence-corrected chi connectivity index (χ4v) is 2.33. The van der Waals surface area contributed by atoms with Crippen LogP contribution >= 0.6 is 22.6 Å². The van der Waals surface area contributed by atoms with Crippen molar-refractivity contribution >= 4 is 39.3 Å². The lowest BCUT2D eigenvalue weighted by Crippen LogP contribution is -1.91. The van der Waals surface area contributed by atoms with Gasteiger partial charge >= 0.3 is 0 Å². The van der Waals surface area contributed by atoms with Crippen LogP contribution in [0.1, 0.15) is 0 Å². The predicted octanol–water partition coefficient (Wildman–Crippen LogP) is 3.56. The number of nitrogens with two attached hydrogens (primary N) is 1. The minimum absolute atomic E-state index is 0.284. The number of benzene rings is 2.